The molecule has 1 fully saturated rings. The molecule has 2 rings (SSSR count). The molecule has 0 bridgehead atoms. The highest BCUT2D eigenvalue weighted by atomic mass is 79.9. The minimum atomic E-state index is -1.05. The molecular formula is C13H18BrN3O4. The number of piperidine rings is 1. The third kappa shape index (κ3) is 3.26. The van der Waals surface area contributed by atoms with Crippen molar-refractivity contribution in [3.63, 3.8) is 0 Å². The number of aromatic nitrogens is 2. The molecular weight excluding hydrogens is 342 g/mol. The molecule has 1 aromatic rings. The van der Waals surface area contributed by atoms with Crippen molar-refractivity contribution >= 4 is 27.9 Å². The molecule has 0 aliphatic carbocycles. The normalized spacial score (nSPS) is 23.2. The maximum absolute atomic E-state index is 11.3. The van der Waals surface area contributed by atoms with Crippen molar-refractivity contribution in [1.82, 2.24) is 14.7 Å². The van der Waals surface area contributed by atoms with Crippen molar-refractivity contribution in [2.45, 2.75) is 19.9 Å². The van der Waals surface area contributed by atoms with Gasteiger partial charge in [-0.15, -0.1) is 0 Å². The van der Waals surface area contributed by atoms with E-state index in [1.807, 2.05) is 18.9 Å². The fourth-order valence-corrected chi connectivity index (χ4v) is 3.23. The molecule has 2 unspecified atom stereocenters. The Morgan fingerprint density at radius 3 is 2.43 bits per heavy atom. The molecule has 0 radical (unpaired) electrons. The van der Waals surface area contributed by atoms with E-state index in [0.29, 0.717) is 19.5 Å². The van der Waals surface area contributed by atoms with Crippen LogP contribution in [0.1, 0.15) is 17.8 Å². The Labute approximate surface area is 130 Å². The fraction of sp³-hybridized carbons (Fsp3) is 0.615. The van der Waals surface area contributed by atoms with Crippen LogP contribution in [-0.2, 0) is 23.2 Å². The molecule has 2 atom stereocenters. The lowest BCUT2D eigenvalue weighted by Gasteiger charge is -2.34. The van der Waals surface area contributed by atoms with E-state index >= 15 is 0 Å². The van der Waals surface area contributed by atoms with E-state index in [1.54, 1.807) is 4.68 Å². The van der Waals surface area contributed by atoms with Gasteiger partial charge in [-0.1, -0.05) is 0 Å². The van der Waals surface area contributed by atoms with E-state index in [1.165, 1.54) is 0 Å². The van der Waals surface area contributed by atoms with E-state index in [0.717, 1.165) is 15.9 Å². The van der Waals surface area contributed by atoms with Crippen LogP contribution in [-0.4, -0.2) is 49.9 Å². The van der Waals surface area contributed by atoms with Gasteiger partial charge in [-0.25, -0.2) is 0 Å². The van der Waals surface area contributed by atoms with Gasteiger partial charge in [0.05, 0.1) is 27.7 Å². The third-order valence-electron chi connectivity index (χ3n) is 3.97. The second-order valence-corrected chi connectivity index (χ2v) is 6.18. The minimum absolute atomic E-state index is 0.239. The highest BCUT2D eigenvalue weighted by Crippen LogP contribution is 2.28. The van der Waals surface area contributed by atoms with Crippen molar-refractivity contribution in [1.29, 1.82) is 0 Å². The molecule has 0 amide bonds. The number of carboxylic acids is 2. The van der Waals surface area contributed by atoms with Gasteiger partial charge in [-0.3, -0.25) is 19.2 Å². The zero-order chi connectivity index (χ0) is 15.7. The average molecular weight is 360 g/mol. The van der Waals surface area contributed by atoms with Crippen LogP contribution in [0.2, 0.25) is 0 Å². The second-order valence-electron chi connectivity index (χ2n) is 5.38. The molecule has 0 aromatic carbocycles. The fourth-order valence-electron chi connectivity index (χ4n) is 2.77. The van der Waals surface area contributed by atoms with Crippen molar-refractivity contribution in [3.05, 3.63) is 15.9 Å². The summed E-state index contributed by atoms with van der Waals surface area (Å²) in [5.41, 5.74) is 1.84. The molecule has 116 valence electrons. The number of aryl methyl sites for hydroxylation is 2. The van der Waals surface area contributed by atoms with Gasteiger partial charge in [0.1, 0.15) is 0 Å². The Bertz CT molecular complexity index is 572. The summed E-state index contributed by atoms with van der Waals surface area (Å²) in [5.74, 6) is -3.76. The summed E-state index contributed by atoms with van der Waals surface area (Å²) in [6.45, 7) is 3.25. The number of likely N-dealkylation sites (tertiary alicyclic amines) is 1. The minimum Gasteiger partial charge on any atom is -0.481 e. The molecule has 1 aliphatic rings. The molecule has 2 heterocycles. The summed E-state index contributed by atoms with van der Waals surface area (Å²) in [7, 11) is 1.84. The Balaban J connectivity index is 2.13. The van der Waals surface area contributed by atoms with Gasteiger partial charge in [0, 0.05) is 20.1 Å². The molecule has 21 heavy (non-hydrogen) atoms. The quantitative estimate of drug-likeness (QED) is 0.835. The van der Waals surface area contributed by atoms with E-state index in [-0.39, 0.29) is 6.54 Å². The van der Waals surface area contributed by atoms with Gasteiger partial charge in [-0.05, 0) is 35.8 Å². The number of carbonyl (C=O) groups is 2. The molecule has 0 saturated carbocycles. The first kappa shape index (κ1) is 16.0. The van der Waals surface area contributed by atoms with E-state index in [2.05, 4.69) is 21.0 Å². The van der Waals surface area contributed by atoms with Crippen LogP contribution >= 0.6 is 15.9 Å². The molecule has 0 spiro atoms. The number of hydrogen-bond acceptors (Lipinski definition) is 4. The van der Waals surface area contributed by atoms with Crippen LogP contribution in [0.4, 0.5) is 0 Å². The van der Waals surface area contributed by atoms with Crippen molar-refractivity contribution < 1.29 is 19.8 Å². The number of rotatable bonds is 4. The first-order valence-electron chi connectivity index (χ1n) is 6.67. The van der Waals surface area contributed by atoms with Gasteiger partial charge < -0.3 is 10.2 Å². The third-order valence-corrected chi connectivity index (χ3v) is 5.00. The van der Waals surface area contributed by atoms with E-state index in [9.17, 15) is 14.7 Å². The maximum Gasteiger partial charge on any atom is 0.308 e. The number of aliphatic carboxylic acids is 2. The van der Waals surface area contributed by atoms with Crippen LogP contribution in [0.3, 0.4) is 0 Å². The molecule has 7 nitrogen and oxygen atoms in total. The first-order chi connectivity index (χ1) is 9.81. The van der Waals surface area contributed by atoms with Crippen molar-refractivity contribution in [2.24, 2.45) is 18.9 Å². The number of carboxylic acid groups (broad SMARTS) is 2. The second kappa shape index (κ2) is 6.15. The SMILES string of the molecule is Cc1nn(C)c(CN2CCC(C(=O)O)C(C(=O)O)C2)c1Br. The Morgan fingerprint density at radius 1 is 1.33 bits per heavy atom. The average Bonchev–Trinajstić information content (AvgIpc) is 2.65. The van der Waals surface area contributed by atoms with E-state index in [4.69, 9.17) is 5.11 Å². The van der Waals surface area contributed by atoms with Crippen molar-refractivity contribution in [3.8, 4) is 0 Å². The van der Waals surface area contributed by atoms with Crippen LogP contribution in [0.25, 0.3) is 0 Å². The van der Waals surface area contributed by atoms with Gasteiger partial charge in [0.25, 0.3) is 0 Å². The monoisotopic (exact) mass is 359 g/mol. The molecule has 1 aliphatic heterocycles. The van der Waals surface area contributed by atoms with Crippen LogP contribution < -0.4 is 0 Å². The molecule has 1 aromatic heterocycles. The lowest BCUT2D eigenvalue weighted by Crippen LogP contribution is -2.46. The van der Waals surface area contributed by atoms with E-state index < -0.39 is 23.8 Å². The maximum atomic E-state index is 11.3. The highest BCUT2D eigenvalue weighted by molar-refractivity contribution is 9.10. The number of hydrogen-bond donors (Lipinski definition) is 2. The summed E-state index contributed by atoms with van der Waals surface area (Å²) in [5, 5.41) is 22.7. The lowest BCUT2D eigenvalue weighted by atomic mass is 9.85. The molecule has 2 N–H and O–H groups in total. The summed E-state index contributed by atoms with van der Waals surface area (Å²) in [4.78, 5) is 24.4. The zero-order valence-corrected chi connectivity index (χ0v) is 13.5. The largest absolute Gasteiger partial charge is 0.481 e. The Hall–Kier alpha value is -1.41. The van der Waals surface area contributed by atoms with Crippen molar-refractivity contribution in [2.75, 3.05) is 13.1 Å². The first-order valence-corrected chi connectivity index (χ1v) is 7.46. The summed E-state index contributed by atoms with van der Waals surface area (Å²) < 4.78 is 2.68. The zero-order valence-electron chi connectivity index (χ0n) is 11.9. The highest BCUT2D eigenvalue weighted by Gasteiger charge is 2.38. The van der Waals surface area contributed by atoms with Crippen LogP contribution in [0, 0.1) is 18.8 Å². The number of halogens is 1. The summed E-state index contributed by atoms with van der Waals surface area (Å²) in [6.07, 6.45) is 0.348. The molecule has 8 heteroatoms. The predicted molar refractivity (Wildman–Crippen MR) is 77.8 cm³/mol. The van der Waals surface area contributed by atoms with Gasteiger partial charge in [0.15, 0.2) is 0 Å². The molecule has 1 saturated heterocycles. The lowest BCUT2D eigenvalue weighted by molar-refractivity contribution is -0.157. The predicted octanol–water partition coefficient (Wildman–Crippen LogP) is 1.10. The van der Waals surface area contributed by atoms with Gasteiger partial charge >= 0.3 is 11.9 Å². The number of nitrogens with zero attached hydrogens (tertiary/aromatic N) is 3. The van der Waals surface area contributed by atoms with Gasteiger partial charge in [-0.2, -0.15) is 5.10 Å². The smallest absolute Gasteiger partial charge is 0.308 e. The Morgan fingerprint density at radius 2 is 1.95 bits per heavy atom. The van der Waals surface area contributed by atoms with Gasteiger partial charge in [0.2, 0.25) is 0 Å². The summed E-state index contributed by atoms with van der Waals surface area (Å²) >= 11 is 3.49. The standard InChI is InChI=1S/C13H18BrN3O4/c1-7-11(14)10(16(2)15-7)6-17-4-3-8(12(18)19)9(5-17)13(20)21/h8-9H,3-6H2,1-2H3,(H,18,19)(H,20,21). The van der Waals surface area contributed by atoms with Crippen LogP contribution in [0.5, 0.6) is 0 Å². The Kier molecular flexibility index (Phi) is 4.67. The topological polar surface area (TPSA) is 95.7 Å². The summed E-state index contributed by atoms with van der Waals surface area (Å²) in [6, 6.07) is 0. The van der Waals surface area contributed by atoms with Crippen LogP contribution in [0.15, 0.2) is 4.47 Å².